The smallest absolute Gasteiger partial charge is 0.270 e. The lowest BCUT2D eigenvalue weighted by Crippen LogP contribution is -2.32. The Morgan fingerprint density at radius 2 is 2.10 bits per heavy atom. The number of anilines is 2. The van der Waals surface area contributed by atoms with Crippen LogP contribution in [-0.4, -0.2) is 27.1 Å². The Bertz CT molecular complexity index is 638. The summed E-state index contributed by atoms with van der Waals surface area (Å²) in [4.78, 5) is 20.6. The van der Waals surface area contributed by atoms with Crippen LogP contribution < -0.4 is 10.6 Å². The number of carbonyl (C=O) groups excluding carboxylic acids is 1. The first-order valence-electron chi connectivity index (χ1n) is 6.84. The Morgan fingerprint density at radius 1 is 1.33 bits per heavy atom. The molecule has 7 nitrogen and oxygen atoms in total. The molecule has 0 aromatic carbocycles. The summed E-state index contributed by atoms with van der Waals surface area (Å²) in [5.41, 5.74) is 1.02. The summed E-state index contributed by atoms with van der Waals surface area (Å²) >= 11 is 0. The van der Waals surface area contributed by atoms with Crippen LogP contribution in [0.3, 0.4) is 0 Å². The van der Waals surface area contributed by atoms with E-state index in [1.165, 1.54) is 0 Å². The molecule has 0 spiro atoms. The molecule has 0 aliphatic rings. The molecule has 2 aromatic heterocycles. The maximum atomic E-state index is 12.1. The Balaban J connectivity index is 2.18. The maximum Gasteiger partial charge on any atom is 0.270 e. The second-order valence-electron chi connectivity index (χ2n) is 4.95. The number of nitrogens with one attached hydrogen (secondary N) is 2. The zero-order valence-corrected chi connectivity index (χ0v) is 12.6. The average Bonchev–Trinajstić information content (AvgIpc) is 2.83. The third-order valence-electron chi connectivity index (χ3n) is 2.94. The topological polar surface area (TPSA) is 92.9 Å². The summed E-state index contributed by atoms with van der Waals surface area (Å²) < 4.78 is 4.96. The van der Waals surface area contributed by atoms with Crippen LogP contribution >= 0.6 is 0 Å². The molecule has 0 saturated heterocycles. The van der Waals surface area contributed by atoms with E-state index in [4.69, 9.17) is 4.52 Å². The number of nitrogens with zero attached hydrogens (tertiary/aromatic N) is 3. The van der Waals surface area contributed by atoms with Gasteiger partial charge in [-0.15, -0.1) is 0 Å². The molecule has 0 aliphatic heterocycles. The van der Waals surface area contributed by atoms with Gasteiger partial charge >= 0.3 is 0 Å². The molecule has 21 heavy (non-hydrogen) atoms. The largest absolute Gasteiger partial charge is 0.360 e. The van der Waals surface area contributed by atoms with E-state index in [-0.39, 0.29) is 11.9 Å². The minimum Gasteiger partial charge on any atom is -0.360 e. The van der Waals surface area contributed by atoms with Crippen molar-refractivity contribution in [3.63, 3.8) is 0 Å². The van der Waals surface area contributed by atoms with Gasteiger partial charge in [-0.05, 0) is 33.3 Å². The highest BCUT2D eigenvalue weighted by Gasteiger charge is 2.13. The molecule has 2 heterocycles. The first kappa shape index (κ1) is 15.0. The number of amides is 1. The van der Waals surface area contributed by atoms with Crippen molar-refractivity contribution in [1.82, 2.24) is 20.4 Å². The van der Waals surface area contributed by atoms with Crippen LogP contribution in [0.2, 0.25) is 0 Å². The predicted molar refractivity (Wildman–Crippen MR) is 78.5 cm³/mol. The lowest BCUT2D eigenvalue weighted by atomic mass is 10.2. The molecule has 0 radical (unpaired) electrons. The Morgan fingerprint density at radius 3 is 2.71 bits per heavy atom. The minimum absolute atomic E-state index is 0.0994. The SMILES string of the molecule is CCC(C)NC(=O)c1cc(C)nc(Nc2cc(C)on2)n1. The normalized spacial score (nSPS) is 12.0. The Hall–Kier alpha value is -2.44. The summed E-state index contributed by atoms with van der Waals surface area (Å²) in [6.07, 6.45) is 0.860. The second-order valence-corrected chi connectivity index (χ2v) is 4.95. The van der Waals surface area contributed by atoms with Gasteiger partial charge in [0.15, 0.2) is 5.82 Å². The molecule has 1 amide bonds. The monoisotopic (exact) mass is 289 g/mol. The van der Waals surface area contributed by atoms with Crippen LogP contribution in [0.5, 0.6) is 0 Å². The van der Waals surface area contributed by atoms with Crippen LogP contribution in [0.25, 0.3) is 0 Å². The number of rotatable bonds is 5. The van der Waals surface area contributed by atoms with Gasteiger partial charge in [-0.3, -0.25) is 4.79 Å². The predicted octanol–water partition coefficient (Wildman–Crippen LogP) is 2.35. The second kappa shape index (κ2) is 6.34. The fourth-order valence-corrected chi connectivity index (χ4v) is 1.68. The van der Waals surface area contributed by atoms with Gasteiger partial charge < -0.3 is 15.2 Å². The number of aromatic nitrogens is 3. The summed E-state index contributed by atoms with van der Waals surface area (Å²) in [6.45, 7) is 7.56. The van der Waals surface area contributed by atoms with Gasteiger partial charge in [-0.1, -0.05) is 12.1 Å². The number of carbonyl (C=O) groups is 1. The Labute approximate surface area is 123 Å². The molecule has 2 rings (SSSR count). The Kier molecular flexibility index (Phi) is 4.52. The van der Waals surface area contributed by atoms with Gasteiger partial charge in [-0.25, -0.2) is 9.97 Å². The quantitative estimate of drug-likeness (QED) is 0.877. The van der Waals surface area contributed by atoms with Crippen LogP contribution in [0.15, 0.2) is 16.7 Å². The molecule has 1 unspecified atom stereocenters. The van der Waals surface area contributed by atoms with Crippen molar-refractivity contribution < 1.29 is 9.32 Å². The van der Waals surface area contributed by atoms with Gasteiger partial charge in [0.25, 0.3) is 5.91 Å². The molecule has 7 heteroatoms. The molecular weight excluding hydrogens is 270 g/mol. The third kappa shape index (κ3) is 4.01. The van der Waals surface area contributed by atoms with Gasteiger partial charge in [0, 0.05) is 17.8 Å². The fourth-order valence-electron chi connectivity index (χ4n) is 1.68. The summed E-state index contributed by atoms with van der Waals surface area (Å²) in [6, 6.07) is 3.48. The number of hydrogen-bond donors (Lipinski definition) is 2. The number of hydrogen-bond acceptors (Lipinski definition) is 6. The van der Waals surface area contributed by atoms with E-state index in [0.29, 0.717) is 28.9 Å². The molecular formula is C14H19N5O2. The van der Waals surface area contributed by atoms with E-state index in [1.807, 2.05) is 13.8 Å². The lowest BCUT2D eigenvalue weighted by Gasteiger charge is -2.11. The van der Waals surface area contributed by atoms with E-state index >= 15 is 0 Å². The van der Waals surface area contributed by atoms with Crippen molar-refractivity contribution in [2.75, 3.05) is 5.32 Å². The first-order chi connectivity index (χ1) is 9.97. The molecule has 0 saturated carbocycles. The van der Waals surface area contributed by atoms with Gasteiger partial charge in [0.1, 0.15) is 11.5 Å². The first-order valence-corrected chi connectivity index (χ1v) is 6.84. The molecule has 2 N–H and O–H groups in total. The molecule has 112 valence electrons. The number of aryl methyl sites for hydroxylation is 2. The summed E-state index contributed by atoms with van der Waals surface area (Å²) in [7, 11) is 0. The van der Waals surface area contributed by atoms with Crippen molar-refractivity contribution >= 4 is 17.7 Å². The van der Waals surface area contributed by atoms with Gasteiger partial charge in [0.2, 0.25) is 5.95 Å². The van der Waals surface area contributed by atoms with Crippen LogP contribution in [-0.2, 0) is 0 Å². The van der Waals surface area contributed by atoms with E-state index in [0.717, 1.165) is 6.42 Å². The van der Waals surface area contributed by atoms with Gasteiger partial charge in [-0.2, -0.15) is 0 Å². The van der Waals surface area contributed by atoms with E-state index in [1.54, 1.807) is 26.0 Å². The average molecular weight is 289 g/mol. The molecule has 0 fully saturated rings. The summed E-state index contributed by atoms with van der Waals surface area (Å²) in [5, 5.41) is 9.61. The van der Waals surface area contributed by atoms with Crippen LogP contribution in [0, 0.1) is 13.8 Å². The zero-order valence-electron chi connectivity index (χ0n) is 12.6. The lowest BCUT2D eigenvalue weighted by molar-refractivity contribution is 0.0934. The molecule has 1 atom stereocenters. The maximum absolute atomic E-state index is 12.1. The van der Waals surface area contributed by atoms with E-state index in [2.05, 4.69) is 25.8 Å². The molecule has 2 aromatic rings. The third-order valence-corrected chi connectivity index (χ3v) is 2.94. The van der Waals surface area contributed by atoms with Crippen LogP contribution in [0.4, 0.5) is 11.8 Å². The fraction of sp³-hybridized carbons (Fsp3) is 0.429. The van der Waals surface area contributed by atoms with Crippen molar-refractivity contribution in [3.05, 3.63) is 29.3 Å². The molecule has 0 bridgehead atoms. The van der Waals surface area contributed by atoms with E-state index < -0.39 is 0 Å². The van der Waals surface area contributed by atoms with E-state index in [9.17, 15) is 4.79 Å². The highest BCUT2D eigenvalue weighted by molar-refractivity contribution is 5.92. The zero-order chi connectivity index (χ0) is 15.4. The van der Waals surface area contributed by atoms with Crippen molar-refractivity contribution in [1.29, 1.82) is 0 Å². The van der Waals surface area contributed by atoms with Crippen LogP contribution in [0.1, 0.15) is 42.2 Å². The minimum atomic E-state index is -0.214. The standard InChI is InChI=1S/C14H19N5O2/c1-5-8(2)15-13(20)11-6-9(3)16-14(17-11)18-12-7-10(4)21-19-12/h6-8H,5H2,1-4H3,(H,15,20)(H,16,17,18,19). The summed E-state index contributed by atoms with van der Waals surface area (Å²) in [5.74, 6) is 1.29. The van der Waals surface area contributed by atoms with Crippen molar-refractivity contribution in [2.45, 2.75) is 40.2 Å². The van der Waals surface area contributed by atoms with Crippen molar-refractivity contribution in [2.24, 2.45) is 0 Å². The molecule has 0 aliphatic carbocycles. The highest BCUT2D eigenvalue weighted by atomic mass is 16.5. The van der Waals surface area contributed by atoms with Gasteiger partial charge in [0.05, 0.1) is 0 Å². The highest BCUT2D eigenvalue weighted by Crippen LogP contribution is 2.13. The van der Waals surface area contributed by atoms with Crippen molar-refractivity contribution in [3.8, 4) is 0 Å².